The van der Waals surface area contributed by atoms with E-state index in [1.165, 1.54) is 6.07 Å². The lowest BCUT2D eigenvalue weighted by Gasteiger charge is -2.36. The Kier molecular flexibility index (Phi) is 6.80. The zero-order valence-corrected chi connectivity index (χ0v) is 16.1. The Balaban J connectivity index is 1.77. The highest BCUT2D eigenvalue weighted by Gasteiger charge is 2.29. The molecule has 150 valence electrons. The topological polar surface area (TPSA) is 104 Å². The first-order chi connectivity index (χ1) is 14.2. The number of aromatic nitrogens is 1. The molecule has 0 unspecified atom stereocenters. The fraction of sp³-hybridized carbons (Fsp3) is 0.364. The summed E-state index contributed by atoms with van der Waals surface area (Å²) in [7, 11) is 0. The average molecular weight is 393 g/mol. The van der Waals surface area contributed by atoms with Gasteiger partial charge < -0.3 is 14.7 Å². The van der Waals surface area contributed by atoms with Gasteiger partial charge >= 0.3 is 0 Å². The van der Waals surface area contributed by atoms with Gasteiger partial charge in [0.1, 0.15) is 18.1 Å². The van der Waals surface area contributed by atoms with Gasteiger partial charge in [-0.3, -0.25) is 14.6 Å². The summed E-state index contributed by atoms with van der Waals surface area (Å²) in [6.45, 7) is 0.837. The largest absolute Gasteiger partial charge is 0.507 e. The fourth-order valence-electron chi connectivity index (χ4n) is 3.56. The summed E-state index contributed by atoms with van der Waals surface area (Å²) < 4.78 is 5.82. The molecule has 29 heavy (non-hydrogen) atoms. The van der Waals surface area contributed by atoms with Crippen molar-refractivity contribution >= 4 is 12.2 Å². The number of carbonyl (C=O) groups excluding carboxylic acids is 2. The predicted molar refractivity (Wildman–Crippen MR) is 106 cm³/mol. The number of pyridine rings is 1. The van der Waals surface area contributed by atoms with E-state index in [2.05, 4.69) is 11.1 Å². The van der Waals surface area contributed by atoms with Crippen LogP contribution in [0.15, 0.2) is 36.5 Å². The van der Waals surface area contributed by atoms with Crippen LogP contribution in [0.1, 0.15) is 52.1 Å². The molecule has 2 heterocycles. The summed E-state index contributed by atoms with van der Waals surface area (Å²) >= 11 is 0. The zero-order chi connectivity index (χ0) is 20.6. The summed E-state index contributed by atoms with van der Waals surface area (Å²) in [5, 5.41) is 18.7. The van der Waals surface area contributed by atoms with E-state index in [9.17, 15) is 14.7 Å². The molecule has 7 heteroatoms. The molecule has 0 radical (unpaired) electrons. The fourth-order valence-corrected chi connectivity index (χ4v) is 3.56. The van der Waals surface area contributed by atoms with Crippen molar-refractivity contribution in [1.82, 2.24) is 9.88 Å². The van der Waals surface area contributed by atoms with Gasteiger partial charge in [-0.05, 0) is 43.5 Å². The summed E-state index contributed by atoms with van der Waals surface area (Å²) in [6, 6.07) is 10.1. The van der Waals surface area contributed by atoms with E-state index in [-0.39, 0.29) is 29.9 Å². The van der Waals surface area contributed by atoms with Gasteiger partial charge in [-0.25, -0.2) is 0 Å². The van der Waals surface area contributed by atoms with Crippen LogP contribution in [0.4, 0.5) is 0 Å². The van der Waals surface area contributed by atoms with Gasteiger partial charge in [-0.15, -0.1) is 0 Å². The normalized spacial score (nSPS) is 16.1. The molecule has 2 aromatic rings. The van der Waals surface area contributed by atoms with E-state index in [4.69, 9.17) is 10.00 Å². The lowest BCUT2D eigenvalue weighted by Crippen LogP contribution is -2.47. The van der Waals surface area contributed by atoms with Crippen LogP contribution in [0.25, 0.3) is 0 Å². The smallest absolute Gasteiger partial charge is 0.256 e. The minimum absolute atomic E-state index is 0.104. The Morgan fingerprint density at radius 1 is 1.34 bits per heavy atom. The number of piperidine rings is 1. The van der Waals surface area contributed by atoms with Crippen molar-refractivity contribution < 1.29 is 19.4 Å². The number of rotatable bonds is 7. The number of hydrogen-bond acceptors (Lipinski definition) is 6. The number of amides is 1. The second-order valence-corrected chi connectivity index (χ2v) is 6.92. The highest BCUT2D eigenvalue weighted by molar-refractivity contribution is 5.95. The van der Waals surface area contributed by atoms with E-state index >= 15 is 0 Å². The maximum absolute atomic E-state index is 13.2. The molecular formula is C22H23N3O4. The first-order valence-electron chi connectivity index (χ1n) is 9.67. The summed E-state index contributed by atoms with van der Waals surface area (Å²) in [6.07, 6.45) is 5.59. The number of phenolic OH excluding ortho intramolecular Hbond substituents is 1. The van der Waals surface area contributed by atoms with Crippen molar-refractivity contribution in [2.24, 2.45) is 0 Å². The summed E-state index contributed by atoms with van der Waals surface area (Å²) in [5.41, 5.74) is 1.24. The molecule has 1 N–H and O–H groups in total. The van der Waals surface area contributed by atoms with Crippen LogP contribution < -0.4 is 4.74 Å². The Morgan fingerprint density at radius 3 is 3.00 bits per heavy atom. The first kappa shape index (κ1) is 20.3. The van der Waals surface area contributed by atoms with Crippen molar-refractivity contribution in [2.45, 2.75) is 38.1 Å². The molecule has 1 amide bonds. The molecule has 1 aromatic heterocycles. The van der Waals surface area contributed by atoms with E-state index in [1.54, 1.807) is 35.4 Å². The monoisotopic (exact) mass is 393 g/mol. The number of phenols is 1. The number of carbonyl (C=O) groups is 2. The van der Waals surface area contributed by atoms with Gasteiger partial charge in [0.25, 0.3) is 5.91 Å². The van der Waals surface area contributed by atoms with Gasteiger partial charge in [0.2, 0.25) is 0 Å². The number of aldehydes is 1. The van der Waals surface area contributed by atoms with E-state index in [0.717, 1.165) is 19.3 Å². The molecule has 1 aliphatic heterocycles. The summed E-state index contributed by atoms with van der Waals surface area (Å²) in [5.74, 6) is 0.0477. The molecule has 1 aromatic carbocycles. The predicted octanol–water partition coefficient (Wildman–Crippen LogP) is 3.13. The van der Waals surface area contributed by atoms with Crippen molar-refractivity contribution in [1.29, 1.82) is 5.26 Å². The van der Waals surface area contributed by atoms with Gasteiger partial charge in [-0.2, -0.15) is 5.26 Å². The van der Waals surface area contributed by atoms with Crippen LogP contribution in [0.3, 0.4) is 0 Å². The molecule has 0 saturated carbocycles. The molecule has 1 aliphatic rings. The molecule has 1 fully saturated rings. The van der Waals surface area contributed by atoms with Crippen LogP contribution in [0.5, 0.6) is 11.5 Å². The van der Waals surface area contributed by atoms with Gasteiger partial charge in [0.05, 0.1) is 28.9 Å². The lowest BCUT2D eigenvalue weighted by atomic mass is 10.00. The van der Waals surface area contributed by atoms with Gasteiger partial charge in [0, 0.05) is 25.6 Å². The van der Waals surface area contributed by atoms with E-state index < -0.39 is 0 Å². The number of nitriles is 1. The van der Waals surface area contributed by atoms with Crippen molar-refractivity contribution in [3.8, 4) is 17.6 Å². The quantitative estimate of drug-likeness (QED) is 0.725. The van der Waals surface area contributed by atoms with Crippen molar-refractivity contribution in [3.05, 3.63) is 53.3 Å². The highest BCUT2D eigenvalue weighted by atomic mass is 16.5. The number of aromatic hydroxyl groups is 1. The Morgan fingerprint density at radius 2 is 2.21 bits per heavy atom. The number of likely N-dealkylation sites (tertiary alicyclic amines) is 1. The Bertz CT molecular complexity index is 923. The molecule has 1 atom stereocenters. The van der Waals surface area contributed by atoms with Crippen molar-refractivity contribution in [2.75, 3.05) is 13.2 Å². The van der Waals surface area contributed by atoms with E-state index in [0.29, 0.717) is 42.7 Å². The van der Waals surface area contributed by atoms with Gasteiger partial charge in [-0.1, -0.05) is 6.07 Å². The molecular weight excluding hydrogens is 370 g/mol. The molecule has 1 saturated heterocycles. The van der Waals surface area contributed by atoms with Crippen LogP contribution in [0, 0.1) is 11.3 Å². The lowest BCUT2D eigenvalue weighted by molar-refractivity contribution is 0.0525. The standard InChI is InChI=1S/C22H23N3O4/c23-11-4-8-19-17(7-5-12-24-19)22(28)25-13-2-1-6-16(25)15-29-21-10-3-9-20(27)18(21)14-26/h3,5,7,9-10,12,14,16,27H,1-2,4,6,8,13,15H2/t16-/m0/s1. The molecule has 3 rings (SSSR count). The zero-order valence-electron chi connectivity index (χ0n) is 16.1. The van der Waals surface area contributed by atoms with Crippen LogP contribution >= 0.6 is 0 Å². The van der Waals surface area contributed by atoms with E-state index in [1.807, 2.05) is 0 Å². The third-order valence-electron chi connectivity index (χ3n) is 5.07. The number of benzene rings is 1. The number of aryl methyl sites for hydroxylation is 1. The second-order valence-electron chi connectivity index (χ2n) is 6.92. The highest BCUT2D eigenvalue weighted by Crippen LogP contribution is 2.27. The molecule has 7 nitrogen and oxygen atoms in total. The Hall–Kier alpha value is -3.40. The summed E-state index contributed by atoms with van der Waals surface area (Å²) in [4.78, 5) is 30.6. The van der Waals surface area contributed by atoms with Gasteiger partial charge in [0.15, 0.2) is 6.29 Å². The third kappa shape index (κ3) is 4.72. The van der Waals surface area contributed by atoms with Crippen LogP contribution in [-0.2, 0) is 6.42 Å². The van der Waals surface area contributed by atoms with Crippen molar-refractivity contribution in [3.63, 3.8) is 0 Å². The second kappa shape index (κ2) is 9.69. The third-order valence-corrected chi connectivity index (χ3v) is 5.07. The SMILES string of the molecule is N#CCCc1ncccc1C(=O)N1CCCC[C@H]1COc1cccc(O)c1C=O. The minimum Gasteiger partial charge on any atom is -0.507 e. The molecule has 0 spiro atoms. The number of nitrogens with zero attached hydrogens (tertiary/aromatic N) is 3. The average Bonchev–Trinajstić information content (AvgIpc) is 2.76. The minimum atomic E-state index is -0.151. The maximum atomic E-state index is 13.2. The van der Waals surface area contributed by atoms with Crippen LogP contribution in [0.2, 0.25) is 0 Å². The molecule has 0 bridgehead atoms. The maximum Gasteiger partial charge on any atom is 0.256 e. The number of ether oxygens (including phenoxy) is 1. The molecule has 0 aliphatic carbocycles. The number of hydrogen-bond donors (Lipinski definition) is 1. The van der Waals surface area contributed by atoms with Crippen LogP contribution in [-0.4, -0.2) is 46.4 Å². The first-order valence-corrected chi connectivity index (χ1v) is 9.67. The Labute approximate surface area is 169 Å².